The van der Waals surface area contributed by atoms with Crippen LogP contribution in [0.5, 0.6) is 0 Å². The van der Waals surface area contributed by atoms with Gasteiger partial charge in [-0.05, 0) is 49.3 Å². The molecule has 0 aliphatic heterocycles. The fourth-order valence-electron chi connectivity index (χ4n) is 3.40. The van der Waals surface area contributed by atoms with Crippen LogP contribution in [0.2, 0.25) is 0 Å². The lowest BCUT2D eigenvalue weighted by Gasteiger charge is -2.42. The summed E-state index contributed by atoms with van der Waals surface area (Å²) in [6.07, 6.45) is 4.52. The van der Waals surface area contributed by atoms with Gasteiger partial charge in [-0.3, -0.25) is 0 Å². The van der Waals surface area contributed by atoms with Gasteiger partial charge in [-0.15, -0.1) is 0 Å². The predicted octanol–water partition coefficient (Wildman–Crippen LogP) is 4.52. The molecule has 1 aliphatic rings. The highest BCUT2D eigenvalue weighted by Gasteiger charge is 2.42. The summed E-state index contributed by atoms with van der Waals surface area (Å²) < 4.78 is 0. The van der Waals surface area contributed by atoms with Gasteiger partial charge in [0.25, 0.3) is 0 Å². The second-order valence-electron chi connectivity index (χ2n) is 6.17. The first kappa shape index (κ1) is 13.9. The highest BCUT2D eigenvalue weighted by molar-refractivity contribution is 5.50. The van der Waals surface area contributed by atoms with Crippen LogP contribution in [0.15, 0.2) is 24.3 Å². The van der Waals surface area contributed by atoms with Crippen molar-refractivity contribution in [3.63, 3.8) is 0 Å². The Labute approximate surface area is 116 Å². The van der Waals surface area contributed by atoms with E-state index in [1.54, 1.807) is 0 Å². The molecule has 1 fully saturated rings. The van der Waals surface area contributed by atoms with Gasteiger partial charge >= 0.3 is 0 Å². The van der Waals surface area contributed by atoms with E-state index in [1.807, 2.05) is 0 Å². The van der Waals surface area contributed by atoms with Gasteiger partial charge in [-0.1, -0.05) is 38.8 Å². The second kappa shape index (κ2) is 5.65. The van der Waals surface area contributed by atoms with Crippen LogP contribution in [0, 0.1) is 30.1 Å². The highest BCUT2D eigenvalue weighted by Crippen LogP contribution is 2.40. The molecule has 2 atom stereocenters. The van der Waals surface area contributed by atoms with Gasteiger partial charge in [0.15, 0.2) is 0 Å². The molecule has 0 spiro atoms. The fraction of sp³-hybridized carbons (Fsp3) is 0.588. The van der Waals surface area contributed by atoms with E-state index in [4.69, 9.17) is 0 Å². The number of nitrogens with one attached hydrogen (secondary N) is 1. The van der Waals surface area contributed by atoms with Gasteiger partial charge in [-0.25, -0.2) is 0 Å². The lowest BCUT2D eigenvalue weighted by molar-refractivity contribution is 0.205. The van der Waals surface area contributed by atoms with E-state index >= 15 is 0 Å². The van der Waals surface area contributed by atoms with Crippen LogP contribution in [-0.4, -0.2) is 5.54 Å². The van der Waals surface area contributed by atoms with Gasteiger partial charge in [0.05, 0.1) is 6.07 Å². The average Bonchev–Trinajstić information content (AvgIpc) is 2.39. The van der Waals surface area contributed by atoms with Crippen LogP contribution in [0.3, 0.4) is 0 Å². The zero-order valence-corrected chi connectivity index (χ0v) is 12.2. The van der Waals surface area contributed by atoms with Gasteiger partial charge in [0, 0.05) is 5.69 Å². The molecule has 2 heteroatoms. The summed E-state index contributed by atoms with van der Waals surface area (Å²) >= 11 is 0. The first-order valence-corrected chi connectivity index (χ1v) is 7.33. The summed E-state index contributed by atoms with van der Waals surface area (Å²) in [5.41, 5.74) is 1.92. The molecule has 2 unspecified atom stereocenters. The lowest BCUT2D eigenvalue weighted by atomic mass is 9.68. The second-order valence-corrected chi connectivity index (χ2v) is 6.17. The van der Waals surface area contributed by atoms with E-state index < -0.39 is 0 Å². The number of aryl methyl sites for hydroxylation is 1. The zero-order valence-electron chi connectivity index (χ0n) is 12.2. The molecule has 1 aromatic rings. The number of hydrogen-bond donors (Lipinski definition) is 1. The van der Waals surface area contributed by atoms with Gasteiger partial charge in [-0.2, -0.15) is 5.26 Å². The summed E-state index contributed by atoms with van der Waals surface area (Å²) in [6, 6.07) is 10.9. The first-order valence-electron chi connectivity index (χ1n) is 7.33. The number of nitriles is 1. The number of rotatable bonds is 3. The Hall–Kier alpha value is -1.49. The molecule has 0 heterocycles. The van der Waals surface area contributed by atoms with Gasteiger partial charge in [0.1, 0.15) is 5.54 Å². The Morgan fingerprint density at radius 2 is 2.16 bits per heavy atom. The molecule has 19 heavy (non-hydrogen) atoms. The molecule has 1 N–H and O–H groups in total. The van der Waals surface area contributed by atoms with E-state index in [0.717, 1.165) is 24.9 Å². The minimum atomic E-state index is -0.389. The molecule has 0 amide bonds. The quantitative estimate of drug-likeness (QED) is 0.863. The topological polar surface area (TPSA) is 35.8 Å². The highest BCUT2D eigenvalue weighted by atomic mass is 15.0. The molecule has 0 bridgehead atoms. The van der Waals surface area contributed by atoms with E-state index in [9.17, 15) is 5.26 Å². The number of benzene rings is 1. The van der Waals surface area contributed by atoms with E-state index in [0.29, 0.717) is 11.8 Å². The van der Waals surface area contributed by atoms with Crippen molar-refractivity contribution in [2.45, 2.75) is 52.0 Å². The standard InChI is InChI=1S/C17H24N2/c1-13(2)16-9-4-5-10-17(16,12-18)19-15-8-6-7-14(3)11-15/h6-8,11,13,16,19H,4-5,9-10H2,1-3H3. The molecule has 2 nitrogen and oxygen atoms in total. The average molecular weight is 256 g/mol. The smallest absolute Gasteiger partial charge is 0.128 e. The van der Waals surface area contributed by atoms with Crippen LogP contribution in [0.4, 0.5) is 5.69 Å². The minimum absolute atomic E-state index is 0.389. The van der Waals surface area contributed by atoms with Crippen molar-refractivity contribution in [1.82, 2.24) is 0 Å². The van der Waals surface area contributed by atoms with Crippen LogP contribution in [0.1, 0.15) is 45.1 Å². The Morgan fingerprint density at radius 3 is 2.79 bits per heavy atom. The molecule has 102 valence electrons. The van der Waals surface area contributed by atoms with Crippen LogP contribution < -0.4 is 5.32 Å². The molecule has 2 rings (SSSR count). The zero-order chi connectivity index (χ0) is 13.9. The Balaban J connectivity index is 2.28. The third-order valence-corrected chi connectivity index (χ3v) is 4.36. The Morgan fingerprint density at radius 1 is 1.37 bits per heavy atom. The predicted molar refractivity (Wildman–Crippen MR) is 79.9 cm³/mol. The normalized spacial score (nSPS) is 27.0. The van der Waals surface area contributed by atoms with E-state index in [1.165, 1.54) is 12.0 Å². The SMILES string of the molecule is Cc1cccc(NC2(C#N)CCCCC2C(C)C)c1. The van der Waals surface area contributed by atoms with E-state index in [2.05, 4.69) is 56.4 Å². The van der Waals surface area contributed by atoms with Crippen LogP contribution in [-0.2, 0) is 0 Å². The molecular weight excluding hydrogens is 232 g/mol. The van der Waals surface area contributed by atoms with Crippen molar-refractivity contribution in [2.24, 2.45) is 11.8 Å². The van der Waals surface area contributed by atoms with E-state index in [-0.39, 0.29) is 5.54 Å². The van der Waals surface area contributed by atoms with Gasteiger partial charge in [0.2, 0.25) is 0 Å². The Bertz CT molecular complexity index is 472. The molecule has 0 radical (unpaired) electrons. The largest absolute Gasteiger partial charge is 0.367 e. The fourth-order valence-corrected chi connectivity index (χ4v) is 3.40. The maximum atomic E-state index is 9.78. The van der Waals surface area contributed by atoms with Crippen LogP contribution >= 0.6 is 0 Å². The Kier molecular flexibility index (Phi) is 4.14. The van der Waals surface area contributed by atoms with Crippen molar-refractivity contribution in [2.75, 3.05) is 5.32 Å². The first-order chi connectivity index (χ1) is 9.07. The van der Waals surface area contributed by atoms with Crippen molar-refractivity contribution in [3.8, 4) is 6.07 Å². The number of nitrogens with zero attached hydrogens (tertiary/aromatic N) is 1. The summed E-state index contributed by atoms with van der Waals surface area (Å²) in [4.78, 5) is 0. The summed E-state index contributed by atoms with van der Waals surface area (Å²) in [5, 5.41) is 13.3. The van der Waals surface area contributed by atoms with Crippen molar-refractivity contribution in [1.29, 1.82) is 5.26 Å². The van der Waals surface area contributed by atoms with Crippen molar-refractivity contribution < 1.29 is 0 Å². The maximum Gasteiger partial charge on any atom is 0.128 e. The summed E-state index contributed by atoms with van der Waals surface area (Å²) in [6.45, 7) is 6.56. The third kappa shape index (κ3) is 2.92. The van der Waals surface area contributed by atoms with Crippen molar-refractivity contribution in [3.05, 3.63) is 29.8 Å². The van der Waals surface area contributed by atoms with Crippen LogP contribution in [0.25, 0.3) is 0 Å². The lowest BCUT2D eigenvalue weighted by Crippen LogP contribution is -2.48. The monoisotopic (exact) mass is 256 g/mol. The van der Waals surface area contributed by atoms with Gasteiger partial charge < -0.3 is 5.32 Å². The maximum absolute atomic E-state index is 9.78. The van der Waals surface area contributed by atoms with Crippen molar-refractivity contribution >= 4 is 5.69 Å². The molecule has 0 aromatic heterocycles. The summed E-state index contributed by atoms with van der Waals surface area (Å²) in [7, 11) is 0. The molecule has 1 aromatic carbocycles. The molecular formula is C17H24N2. The minimum Gasteiger partial charge on any atom is -0.367 e. The summed E-state index contributed by atoms with van der Waals surface area (Å²) in [5.74, 6) is 0.976. The molecule has 1 saturated carbocycles. The number of anilines is 1. The number of hydrogen-bond acceptors (Lipinski definition) is 2. The third-order valence-electron chi connectivity index (χ3n) is 4.36. The molecule has 0 saturated heterocycles. The molecule has 1 aliphatic carbocycles.